The third-order valence-electron chi connectivity index (χ3n) is 17.2. The second-order valence-electron chi connectivity index (χ2n) is 21.4. The lowest BCUT2D eigenvalue weighted by Gasteiger charge is -2.21. The van der Waals surface area contributed by atoms with Gasteiger partial charge in [0.2, 0.25) is 0 Å². The van der Waals surface area contributed by atoms with Crippen molar-refractivity contribution in [1.82, 2.24) is 0 Å². The molecule has 0 fully saturated rings. The van der Waals surface area contributed by atoms with Crippen LogP contribution in [0.4, 0.5) is 0 Å². The van der Waals surface area contributed by atoms with E-state index in [2.05, 4.69) is 261 Å². The van der Waals surface area contributed by atoms with Crippen LogP contribution in [0.25, 0.3) is 165 Å². The zero-order valence-electron chi connectivity index (χ0n) is 44.2. The van der Waals surface area contributed by atoms with Crippen LogP contribution in [0.3, 0.4) is 0 Å². The summed E-state index contributed by atoms with van der Waals surface area (Å²) in [6.07, 6.45) is 0. The third kappa shape index (κ3) is 6.87. The Hall–Kier alpha value is -11.4. The molecule has 0 N–H and O–H groups in total. The number of nitrogens with zero attached hydrogens (tertiary/aromatic N) is 3. The molecule has 0 saturated heterocycles. The minimum Gasteiger partial charge on any atom is -0.192 e. The first-order valence-electron chi connectivity index (χ1n) is 27.7. The summed E-state index contributed by atoms with van der Waals surface area (Å²) in [5.74, 6) is 0. The molecule has 0 aromatic heterocycles. The van der Waals surface area contributed by atoms with Crippen LogP contribution in [0, 0.1) is 34.0 Å². The first-order valence-corrected chi connectivity index (χ1v) is 27.7. The van der Waals surface area contributed by atoms with Crippen molar-refractivity contribution >= 4 is 43.1 Å². The van der Waals surface area contributed by atoms with E-state index in [1.54, 1.807) is 6.07 Å². The van der Waals surface area contributed by atoms with Gasteiger partial charge in [0.15, 0.2) is 0 Å². The van der Waals surface area contributed by atoms with E-state index in [1.807, 2.05) is 12.1 Å². The molecular formula is C79H43N3. The van der Waals surface area contributed by atoms with Gasteiger partial charge in [-0.25, -0.2) is 0 Å². The van der Waals surface area contributed by atoms with Gasteiger partial charge in [-0.05, 0) is 190 Å². The molecule has 0 radical (unpaired) electrons. The second-order valence-corrected chi connectivity index (χ2v) is 21.4. The molecule has 82 heavy (non-hydrogen) atoms. The number of rotatable bonds is 7. The highest BCUT2D eigenvalue weighted by atomic mass is 14.4. The first-order chi connectivity index (χ1) is 40.6. The fourth-order valence-electron chi connectivity index (χ4n) is 13.9. The van der Waals surface area contributed by atoms with Crippen molar-refractivity contribution in [2.24, 2.45) is 0 Å². The van der Waals surface area contributed by atoms with Crippen LogP contribution in [-0.4, -0.2) is 0 Å². The van der Waals surface area contributed by atoms with Crippen molar-refractivity contribution in [2.45, 2.75) is 0 Å². The summed E-state index contributed by atoms with van der Waals surface area (Å²) in [6.45, 7) is 0. The van der Waals surface area contributed by atoms with Crippen molar-refractivity contribution in [3.63, 3.8) is 0 Å². The van der Waals surface area contributed by atoms with Crippen LogP contribution in [0.15, 0.2) is 261 Å². The molecule has 14 aromatic carbocycles. The topological polar surface area (TPSA) is 71.4 Å². The van der Waals surface area contributed by atoms with Crippen molar-refractivity contribution in [2.75, 3.05) is 0 Å². The van der Waals surface area contributed by atoms with E-state index in [0.29, 0.717) is 16.7 Å². The molecule has 16 rings (SSSR count). The number of nitriles is 3. The Labute approximate surface area is 474 Å². The highest BCUT2D eigenvalue weighted by Crippen LogP contribution is 2.61. The van der Waals surface area contributed by atoms with Crippen molar-refractivity contribution in [1.29, 1.82) is 15.8 Å². The number of benzene rings is 14. The summed E-state index contributed by atoms with van der Waals surface area (Å²) in [6, 6.07) is 100.0. The Bertz CT molecular complexity index is 5090. The Morgan fingerprint density at radius 2 is 0.561 bits per heavy atom. The van der Waals surface area contributed by atoms with Crippen molar-refractivity contribution < 1.29 is 0 Å². The minimum atomic E-state index is 0.453. The van der Waals surface area contributed by atoms with E-state index >= 15 is 0 Å². The van der Waals surface area contributed by atoms with Gasteiger partial charge in [-0.2, -0.15) is 15.8 Å². The van der Waals surface area contributed by atoms with Gasteiger partial charge in [-0.3, -0.25) is 0 Å². The van der Waals surface area contributed by atoms with Gasteiger partial charge < -0.3 is 0 Å². The molecule has 374 valence electrons. The monoisotopic (exact) mass is 1030 g/mol. The number of hydrogen-bond donors (Lipinski definition) is 0. The lowest BCUT2D eigenvalue weighted by Crippen LogP contribution is -1.94. The zero-order chi connectivity index (χ0) is 54.6. The first kappa shape index (κ1) is 46.7. The van der Waals surface area contributed by atoms with E-state index in [1.165, 1.54) is 66.2 Å². The van der Waals surface area contributed by atoms with Crippen LogP contribution in [-0.2, 0) is 0 Å². The second kappa shape index (κ2) is 18.3. The highest BCUT2D eigenvalue weighted by molar-refractivity contribution is 6.31. The molecule has 2 aliphatic rings. The van der Waals surface area contributed by atoms with Crippen molar-refractivity contribution in [3.05, 3.63) is 278 Å². The zero-order valence-corrected chi connectivity index (χ0v) is 44.2. The normalized spacial score (nSPS) is 11.6. The molecular weight excluding hydrogens is 991 g/mol. The van der Waals surface area contributed by atoms with Gasteiger partial charge in [-0.1, -0.05) is 231 Å². The Morgan fingerprint density at radius 3 is 1.04 bits per heavy atom. The van der Waals surface area contributed by atoms with E-state index in [4.69, 9.17) is 0 Å². The summed E-state index contributed by atoms with van der Waals surface area (Å²) in [5.41, 5.74) is 26.1. The van der Waals surface area contributed by atoms with Gasteiger partial charge in [0.05, 0.1) is 34.9 Å². The smallest absolute Gasteiger partial charge is 0.0998 e. The molecule has 0 spiro atoms. The van der Waals surface area contributed by atoms with Gasteiger partial charge >= 0.3 is 0 Å². The molecule has 3 nitrogen and oxygen atoms in total. The maximum atomic E-state index is 11.3. The molecule has 0 bridgehead atoms. The lowest BCUT2D eigenvalue weighted by molar-refractivity contribution is 1.45. The van der Waals surface area contributed by atoms with Gasteiger partial charge in [0.25, 0.3) is 0 Å². The molecule has 0 atom stereocenters. The van der Waals surface area contributed by atoms with Gasteiger partial charge in [-0.15, -0.1) is 0 Å². The van der Waals surface area contributed by atoms with Gasteiger partial charge in [0.1, 0.15) is 0 Å². The minimum absolute atomic E-state index is 0.453. The lowest BCUT2D eigenvalue weighted by atomic mass is 9.81. The fraction of sp³-hybridized carbons (Fsp3) is 0. The van der Waals surface area contributed by atoms with Crippen LogP contribution in [0.2, 0.25) is 0 Å². The van der Waals surface area contributed by atoms with Crippen LogP contribution in [0.5, 0.6) is 0 Å². The van der Waals surface area contributed by atoms with E-state index < -0.39 is 0 Å². The summed E-state index contributed by atoms with van der Waals surface area (Å²) in [7, 11) is 0. The molecule has 0 aliphatic heterocycles. The summed E-state index contributed by atoms with van der Waals surface area (Å²) in [5, 5.41) is 40.5. The fourth-order valence-corrected chi connectivity index (χ4v) is 13.9. The molecule has 3 heteroatoms. The molecule has 0 unspecified atom stereocenters. The third-order valence-corrected chi connectivity index (χ3v) is 17.2. The molecule has 0 heterocycles. The molecule has 14 aromatic rings. The van der Waals surface area contributed by atoms with Crippen LogP contribution in [0.1, 0.15) is 16.7 Å². The Kier molecular flexibility index (Phi) is 10.4. The van der Waals surface area contributed by atoms with Crippen LogP contribution < -0.4 is 0 Å². The van der Waals surface area contributed by atoms with E-state index in [0.717, 1.165) is 99.3 Å². The van der Waals surface area contributed by atoms with E-state index in [-0.39, 0.29) is 0 Å². The predicted molar refractivity (Wildman–Crippen MR) is 338 cm³/mol. The summed E-state index contributed by atoms with van der Waals surface area (Å²) >= 11 is 0. The molecule has 0 saturated carbocycles. The SMILES string of the molecule is N#Cc1cc(C#N)cc(-c2ccc3c4c(cccc24)-c2c-3c(-c3ccccc3)c3cc(-c4ccc(-c5ccc6c7c(cccc57)-c5c-6c(-c6ccccc6)c6ccccc6c5-c5ccccc5)c(C#N)c4)ccc3c2-c2ccccc2)c1. The molecule has 0 amide bonds. The Balaban J connectivity index is 0.896. The summed E-state index contributed by atoms with van der Waals surface area (Å²) in [4.78, 5) is 0. The highest BCUT2D eigenvalue weighted by Gasteiger charge is 2.34. The quantitative estimate of drug-likeness (QED) is 0.160. The molecule has 2 aliphatic carbocycles. The maximum Gasteiger partial charge on any atom is 0.0998 e. The predicted octanol–water partition coefficient (Wildman–Crippen LogP) is 20.9. The average Bonchev–Trinajstić information content (AvgIpc) is 3.41. The van der Waals surface area contributed by atoms with Crippen LogP contribution >= 0.6 is 0 Å². The number of fused-ring (bicyclic) bond motifs is 8. The Morgan fingerprint density at radius 1 is 0.195 bits per heavy atom. The average molecular weight is 1030 g/mol. The largest absolute Gasteiger partial charge is 0.192 e. The summed E-state index contributed by atoms with van der Waals surface area (Å²) < 4.78 is 0. The van der Waals surface area contributed by atoms with Gasteiger partial charge in [0, 0.05) is 5.56 Å². The maximum absolute atomic E-state index is 11.3. The standard InChI is InChI=1S/C79H43N3/c80-44-47-39-48(45-81)41-55(40-47)57-35-37-67-74-60(57)27-15-29-65(74)77-72(51-21-9-3-10-22-51)64-34-32-54(43-69(64)73(79(67)77)52-23-11-4-12-24-52)53-31-33-58(56(42-53)46-82)59-36-38-68-75-61(59)28-16-30-66(75)76-70(49-17-5-1-6-18-49)62-25-13-14-26-63(62)71(78(68)76)50-19-7-2-8-20-50/h1-43H. The van der Waals surface area contributed by atoms with Crippen molar-refractivity contribution in [3.8, 4) is 141 Å². The number of hydrogen-bond acceptors (Lipinski definition) is 3. The van der Waals surface area contributed by atoms with E-state index in [9.17, 15) is 15.8 Å².